The Bertz CT molecular complexity index is 740. The third kappa shape index (κ3) is 4.42. The van der Waals surface area contributed by atoms with E-state index in [-0.39, 0.29) is 12.5 Å². The zero-order valence-electron chi connectivity index (χ0n) is 18.5. The van der Waals surface area contributed by atoms with E-state index < -0.39 is 0 Å². The molecule has 1 aromatic rings. The molecule has 0 spiro atoms. The third-order valence-electron chi connectivity index (χ3n) is 7.44. The van der Waals surface area contributed by atoms with Crippen molar-refractivity contribution >= 4 is 11.6 Å². The standard InChI is InChI=1S/C24H36N2O4/c1-26-10-9-24-8-4-3-5-20(24)22(26)15-18-6-7-19(16-21(18)24)25-23(27)17-30-14-13-29-12-11-28-2/h6-7,16,20,22H,3-5,8-15,17H2,1-2H3,(H,25,27)/t20-,22+,24+/m0/s1. The molecule has 1 aromatic carbocycles. The second-order valence-corrected chi connectivity index (χ2v) is 9.09. The number of carbonyl (C=O) groups excluding carboxylic acids is 1. The number of nitrogens with one attached hydrogen (secondary N) is 1. The monoisotopic (exact) mass is 416 g/mol. The quantitative estimate of drug-likeness (QED) is 0.627. The number of carbonyl (C=O) groups is 1. The van der Waals surface area contributed by atoms with Gasteiger partial charge in [-0.25, -0.2) is 0 Å². The minimum Gasteiger partial charge on any atom is -0.382 e. The molecule has 2 bridgehead atoms. The van der Waals surface area contributed by atoms with Gasteiger partial charge in [0, 0.05) is 24.3 Å². The van der Waals surface area contributed by atoms with Gasteiger partial charge in [0.15, 0.2) is 0 Å². The number of ether oxygens (including phenoxy) is 3. The van der Waals surface area contributed by atoms with Crippen molar-refractivity contribution < 1.29 is 19.0 Å². The van der Waals surface area contributed by atoms with Crippen molar-refractivity contribution in [3.8, 4) is 0 Å². The molecule has 166 valence electrons. The van der Waals surface area contributed by atoms with E-state index >= 15 is 0 Å². The second kappa shape index (κ2) is 9.77. The molecule has 6 nitrogen and oxygen atoms in total. The average molecular weight is 417 g/mol. The largest absolute Gasteiger partial charge is 0.382 e. The fourth-order valence-corrected chi connectivity index (χ4v) is 6.00. The molecule has 6 heteroatoms. The summed E-state index contributed by atoms with van der Waals surface area (Å²) in [5.74, 6) is 0.645. The van der Waals surface area contributed by atoms with E-state index in [9.17, 15) is 4.79 Å². The molecule has 3 aliphatic rings. The highest BCUT2D eigenvalue weighted by Crippen LogP contribution is 2.55. The minimum absolute atomic E-state index is 0.0470. The van der Waals surface area contributed by atoms with Gasteiger partial charge in [-0.2, -0.15) is 0 Å². The van der Waals surface area contributed by atoms with Crippen LogP contribution in [0, 0.1) is 5.92 Å². The van der Waals surface area contributed by atoms with Crippen LogP contribution in [0.5, 0.6) is 0 Å². The second-order valence-electron chi connectivity index (χ2n) is 9.09. The molecule has 4 rings (SSSR count). The molecule has 1 heterocycles. The molecule has 0 aromatic heterocycles. The van der Waals surface area contributed by atoms with Crippen molar-refractivity contribution in [2.45, 2.75) is 50.0 Å². The molecule has 0 unspecified atom stereocenters. The fourth-order valence-electron chi connectivity index (χ4n) is 6.00. The molecule has 2 aliphatic carbocycles. The smallest absolute Gasteiger partial charge is 0.250 e. The summed E-state index contributed by atoms with van der Waals surface area (Å²) in [7, 11) is 3.94. The highest BCUT2D eigenvalue weighted by Gasteiger charge is 2.53. The third-order valence-corrected chi connectivity index (χ3v) is 7.44. The van der Waals surface area contributed by atoms with Crippen LogP contribution < -0.4 is 5.32 Å². The van der Waals surface area contributed by atoms with Gasteiger partial charge in [-0.3, -0.25) is 4.79 Å². The van der Waals surface area contributed by atoms with E-state index in [1.54, 1.807) is 7.11 Å². The first-order valence-corrected chi connectivity index (χ1v) is 11.4. The number of piperidine rings is 1. The van der Waals surface area contributed by atoms with Crippen LogP contribution >= 0.6 is 0 Å². The summed E-state index contributed by atoms with van der Waals surface area (Å²) in [6.45, 7) is 3.21. The lowest BCUT2D eigenvalue weighted by Gasteiger charge is -2.58. The molecular weight excluding hydrogens is 380 g/mol. The normalized spacial score (nSPS) is 27.9. The Hall–Kier alpha value is -1.47. The van der Waals surface area contributed by atoms with Gasteiger partial charge in [0.25, 0.3) is 0 Å². The Morgan fingerprint density at radius 2 is 2.00 bits per heavy atom. The van der Waals surface area contributed by atoms with Crippen molar-refractivity contribution in [1.82, 2.24) is 4.90 Å². The molecule has 1 saturated heterocycles. The number of likely N-dealkylation sites (tertiary alicyclic amines) is 1. The number of amides is 1. The van der Waals surface area contributed by atoms with Crippen molar-refractivity contribution in [3.63, 3.8) is 0 Å². The van der Waals surface area contributed by atoms with Crippen molar-refractivity contribution in [1.29, 1.82) is 0 Å². The number of anilines is 1. The maximum atomic E-state index is 12.4. The highest BCUT2D eigenvalue weighted by molar-refractivity contribution is 5.91. The highest BCUT2D eigenvalue weighted by atomic mass is 16.5. The fraction of sp³-hybridized carbons (Fsp3) is 0.708. The van der Waals surface area contributed by atoms with E-state index in [1.807, 2.05) is 0 Å². The predicted molar refractivity (Wildman–Crippen MR) is 117 cm³/mol. The number of benzene rings is 1. The molecule has 1 aliphatic heterocycles. The van der Waals surface area contributed by atoms with Crippen LogP contribution in [0.1, 0.15) is 43.2 Å². The minimum atomic E-state index is -0.110. The van der Waals surface area contributed by atoms with E-state index in [0.29, 0.717) is 37.9 Å². The van der Waals surface area contributed by atoms with Crippen molar-refractivity contribution in [2.75, 3.05) is 59.1 Å². The number of hydrogen-bond acceptors (Lipinski definition) is 5. The van der Waals surface area contributed by atoms with Gasteiger partial charge in [0.05, 0.1) is 26.4 Å². The van der Waals surface area contributed by atoms with Gasteiger partial charge >= 0.3 is 0 Å². The average Bonchev–Trinajstić information content (AvgIpc) is 2.76. The SMILES string of the molecule is COCCOCCOCC(=O)Nc1ccc2c(c1)[C@@]13CCCC[C@H]1[C@@H](C2)N(C)CC3. The lowest BCUT2D eigenvalue weighted by Crippen LogP contribution is -2.59. The van der Waals surface area contributed by atoms with Crippen LogP contribution in [-0.4, -0.2) is 70.6 Å². The number of likely N-dealkylation sites (N-methyl/N-ethyl adjacent to an activating group) is 1. The maximum Gasteiger partial charge on any atom is 0.250 e. The summed E-state index contributed by atoms with van der Waals surface area (Å²) in [4.78, 5) is 14.9. The number of hydrogen-bond donors (Lipinski definition) is 1. The molecule has 2 fully saturated rings. The summed E-state index contributed by atoms with van der Waals surface area (Å²) < 4.78 is 15.7. The molecule has 1 N–H and O–H groups in total. The zero-order valence-corrected chi connectivity index (χ0v) is 18.5. The van der Waals surface area contributed by atoms with E-state index in [4.69, 9.17) is 14.2 Å². The Labute approximate surface area is 180 Å². The number of methoxy groups -OCH3 is 1. The number of nitrogens with zero attached hydrogens (tertiary/aromatic N) is 1. The molecule has 30 heavy (non-hydrogen) atoms. The van der Waals surface area contributed by atoms with E-state index in [1.165, 1.54) is 49.8 Å². The summed E-state index contributed by atoms with van der Waals surface area (Å²) >= 11 is 0. The summed E-state index contributed by atoms with van der Waals surface area (Å²) in [5.41, 5.74) is 4.18. The lowest BCUT2D eigenvalue weighted by molar-refractivity contribution is -0.121. The van der Waals surface area contributed by atoms with Gasteiger partial charge in [-0.05, 0) is 68.5 Å². The first kappa shape index (κ1) is 21.8. The summed E-state index contributed by atoms with van der Waals surface area (Å²) in [6.07, 6.45) is 7.68. The lowest BCUT2D eigenvalue weighted by atomic mass is 9.52. The Morgan fingerprint density at radius 3 is 2.87 bits per heavy atom. The van der Waals surface area contributed by atoms with Gasteiger partial charge in [0.1, 0.15) is 6.61 Å². The Balaban J connectivity index is 1.38. The molecular formula is C24H36N2O4. The van der Waals surface area contributed by atoms with Gasteiger partial charge in [-0.1, -0.05) is 18.9 Å². The molecule has 1 amide bonds. The summed E-state index contributed by atoms with van der Waals surface area (Å²) in [5, 5.41) is 3.04. The Kier molecular flexibility index (Phi) is 7.08. The first-order valence-electron chi connectivity index (χ1n) is 11.4. The molecule has 1 saturated carbocycles. The Morgan fingerprint density at radius 1 is 1.17 bits per heavy atom. The molecule has 0 radical (unpaired) electrons. The molecule has 3 atom stereocenters. The van der Waals surface area contributed by atoms with Crippen LogP contribution in [0.25, 0.3) is 0 Å². The summed E-state index contributed by atoms with van der Waals surface area (Å²) in [6, 6.07) is 7.24. The first-order chi connectivity index (χ1) is 14.6. The number of fused-ring (bicyclic) bond motifs is 1. The van der Waals surface area contributed by atoms with Gasteiger partial charge in [0.2, 0.25) is 5.91 Å². The topological polar surface area (TPSA) is 60.0 Å². The zero-order chi connectivity index (χ0) is 21.0. The van der Waals surface area contributed by atoms with Crippen LogP contribution in [-0.2, 0) is 30.8 Å². The van der Waals surface area contributed by atoms with Crippen LogP contribution in [0.15, 0.2) is 18.2 Å². The van der Waals surface area contributed by atoms with Crippen molar-refractivity contribution in [3.05, 3.63) is 29.3 Å². The predicted octanol–water partition coefficient (Wildman–Crippen LogP) is 2.99. The maximum absolute atomic E-state index is 12.4. The van der Waals surface area contributed by atoms with E-state index in [2.05, 4.69) is 35.5 Å². The van der Waals surface area contributed by atoms with Crippen molar-refractivity contribution in [2.24, 2.45) is 5.92 Å². The van der Waals surface area contributed by atoms with Crippen LogP contribution in [0.4, 0.5) is 5.69 Å². The van der Waals surface area contributed by atoms with E-state index in [0.717, 1.165) is 18.0 Å². The van der Waals surface area contributed by atoms with Crippen LogP contribution in [0.2, 0.25) is 0 Å². The van der Waals surface area contributed by atoms with Gasteiger partial charge in [-0.15, -0.1) is 0 Å². The van der Waals surface area contributed by atoms with Crippen LogP contribution in [0.3, 0.4) is 0 Å². The number of rotatable bonds is 9. The van der Waals surface area contributed by atoms with Gasteiger partial charge < -0.3 is 24.4 Å².